The molecule has 0 heterocycles. The smallest absolute Gasteiger partial charge is 0.220 e. The number of rotatable bonds is 40. The number of hydrogen-bond acceptors (Lipinski definition) is 3. The Labute approximate surface area is 295 Å². The van der Waals surface area contributed by atoms with Crippen LogP contribution in [0.25, 0.3) is 0 Å². The van der Waals surface area contributed by atoms with Crippen LogP contribution >= 0.6 is 0 Å². The zero-order valence-electron chi connectivity index (χ0n) is 32.3. The molecule has 4 nitrogen and oxygen atoms in total. The third-order valence-electron chi connectivity index (χ3n) is 10.4. The Kier molecular flexibility index (Phi) is 39.3. The van der Waals surface area contributed by atoms with Gasteiger partial charge in [0.25, 0.3) is 0 Å². The maximum atomic E-state index is 12.2. The molecule has 2 atom stereocenters. The molecule has 0 aromatic carbocycles. The fourth-order valence-electron chi connectivity index (χ4n) is 7.01. The molecule has 0 aromatic rings. The van der Waals surface area contributed by atoms with Crippen LogP contribution < -0.4 is 5.32 Å². The molecule has 47 heavy (non-hydrogen) atoms. The summed E-state index contributed by atoms with van der Waals surface area (Å²) in [6.45, 7) is 4.32. The number of carbonyl (C=O) groups is 1. The van der Waals surface area contributed by atoms with Crippen LogP contribution in [0.2, 0.25) is 0 Å². The first kappa shape index (κ1) is 46.4. The Morgan fingerprint density at radius 3 is 0.957 bits per heavy atom. The van der Waals surface area contributed by atoms with Gasteiger partial charge in [-0.15, -0.1) is 0 Å². The van der Waals surface area contributed by atoms with Crippen molar-refractivity contribution in [3.8, 4) is 0 Å². The van der Waals surface area contributed by atoms with E-state index in [0.717, 1.165) is 25.7 Å². The van der Waals surface area contributed by atoms with E-state index in [1.807, 2.05) is 0 Å². The quantitative estimate of drug-likeness (QED) is 0.0570. The van der Waals surface area contributed by atoms with Gasteiger partial charge in [-0.2, -0.15) is 0 Å². The minimum Gasteiger partial charge on any atom is -0.394 e. The van der Waals surface area contributed by atoms with Crippen LogP contribution in [0.1, 0.15) is 251 Å². The summed E-state index contributed by atoms with van der Waals surface area (Å²) in [7, 11) is 0. The highest BCUT2D eigenvalue weighted by Crippen LogP contribution is 2.17. The lowest BCUT2D eigenvalue weighted by Gasteiger charge is -2.22. The van der Waals surface area contributed by atoms with Gasteiger partial charge in [0.1, 0.15) is 0 Å². The van der Waals surface area contributed by atoms with Gasteiger partial charge in [0.2, 0.25) is 5.91 Å². The second kappa shape index (κ2) is 39.8. The van der Waals surface area contributed by atoms with Crippen LogP contribution in [-0.2, 0) is 4.79 Å². The molecule has 0 bridgehead atoms. The van der Waals surface area contributed by atoms with E-state index in [1.54, 1.807) is 0 Å². The summed E-state index contributed by atoms with van der Waals surface area (Å²) >= 11 is 0. The highest BCUT2D eigenvalue weighted by atomic mass is 16.3. The number of unbranched alkanes of at least 4 members (excludes halogenated alkanes) is 33. The number of amides is 1. The first-order chi connectivity index (χ1) is 23.2. The van der Waals surface area contributed by atoms with Crippen molar-refractivity contribution in [2.45, 2.75) is 264 Å². The van der Waals surface area contributed by atoms with Crippen molar-refractivity contribution in [3.05, 3.63) is 0 Å². The van der Waals surface area contributed by atoms with Crippen molar-refractivity contribution in [1.82, 2.24) is 5.32 Å². The average Bonchev–Trinajstić information content (AvgIpc) is 3.07. The Morgan fingerprint density at radius 2 is 0.681 bits per heavy atom. The van der Waals surface area contributed by atoms with Crippen molar-refractivity contribution in [2.75, 3.05) is 6.61 Å². The first-order valence-corrected chi connectivity index (χ1v) is 21.7. The van der Waals surface area contributed by atoms with Crippen molar-refractivity contribution in [2.24, 2.45) is 0 Å². The lowest BCUT2D eigenvalue weighted by molar-refractivity contribution is -0.123. The predicted molar refractivity (Wildman–Crippen MR) is 207 cm³/mol. The average molecular weight is 666 g/mol. The van der Waals surface area contributed by atoms with E-state index in [2.05, 4.69) is 19.2 Å². The van der Waals surface area contributed by atoms with Crippen LogP contribution in [0, 0.1) is 0 Å². The summed E-state index contributed by atoms with van der Waals surface area (Å²) in [5.41, 5.74) is 0. The second-order valence-electron chi connectivity index (χ2n) is 15.1. The molecule has 4 heteroatoms. The number of carbonyl (C=O) groups excluding carboxylic acids is 1. The molecule has 0 aromatic heterocycles. The predicted octanol–water partition coefficient (Wildman–Crippen LogP) is 13.3. The van der Waals surface area contributed by atoms with E-state index >= 15 is 0 Å². The molecule has 1 amide bonds. The van der Waals surface area contributed by atoms with Gasteiger partial charge in [-0.05, 0) is 12.8 Å². The van der Waals surface area contributed by atoms with Gasteiger partial charge in [0.05, 0.1) is 18.8 Å². The minimum absolute atomic E-state index is 0.0378. The number of aliphatic hydroxyl groups excluding tert-OH is 2. The Morgan fingerprint density at radius 1 is 0.426 bits per heavy atom. The van der Waals surface area contributed by atoms with Crippen molar-refractivity contribution >= 4 is 5.91 Å². The Balaban J connectivity index is 3.32. The van der Waals surface area contributed by atoms with Gasteiger partial charge in [0, 0.05) is 6.42 Å². The molecule has 0 aliphatic heterocycles. The molecule has 0 aliphatic carbocycles. The molecule has 3 N–H and O–H groups in total. The van der Waals surface area contributed by atoms with Crippen LogP contribution in [0.15, 0.2) is 0 Å². The molecule has 0 saturated heterocycles. The summed E-state index contributed by atoms with van der Waals surface area (Å²) in [4.78, 5) is 12.2. The zero-order valence-corrected chi connectivity index (χ0v) is 32.3. The number of nitrogens with one attached hydrogen (secondary N) is 1. The highest BCUT2D eigenvalue weighted by Gasteiger charge is 2.20. The monoisotopic (exact) mass is 666 g/mol. The molecule has 282 valence electrons. The summed E-state index contributed by atoms with van der Waals surface area (Å²) < 4.78 is 0. The number of aliphatic hydroxyl groups is 2. The summed E-state index contributed by atoms with van der Waals surface area (Å²) in [5.74, 6) is -0.0378. The van der Waals surface area contributed by atoms with E-state index in [9.17, 15) is 15.0 Å². The van der Waals surface area contributed by atoms with Gasteiger partial charge in [-0.25, -0.2) is 0 Å². The summed E-state index contributed by atoms with van der Waals surface area (Å²) in [6.07, 6.45) is 47.9. The second-order valence-corrected chi connectivity index (χ2v) is 15.1. The molecule has 0 rings (SSSR count). The van der Waals surface area contributed by atoms with Crippen molar-refractivity contribution in [3.63, 3.8) is 0 Å². The Bertz CT molecular complexity index is 598. The van der Waals surface area contributed by atoms with Gasteiger partial charge in [-0.3, -0.25) is 4.79 Å². The van der Waals surface area contributed by atoms with Crippen molar-refractivity contribution in [1.29, 1.82) is 0 Å². The van der Waals surface area contributed by atoms with Gasteiger partial charge in [0.15, 0.2) is 0 Å². The van der Waals surface area contributed by atoms with E-state index in [-0.39, 0.29) is 12.5 Å². The fourth-order valence-corrected chi connectivity index (χ4v) is 7.01. The van der Waals surface area contributed by atoms with E-state index in [1.165, 1.54) is 199 Å². The Hall–Kier alpha value is -0.610. The van der Waals surface area contributed by atoms with E-state index < -0.39 is 12.1 Å². The summed E-state index contributed by atoms with van der Waals surface area (Å²) in [5, 5.41) is 23.0. The normalized spacial score (nSPS) is 12.9. The van der Waals surface area contributed by atoms with E-state index in [0.29, 0.717) is 12.8 Å². The molecular weight excluding hydrogens is 578 g/mol. The topological polar surface area (TPSA) is 69.6 Å². The van der Waals surface area contributed by atoms with Gasteiger partial charge >= 0.3 is 0 Å². The van der Waals surface area contributed by atoms with Crippen molar-refractivity contribution < 1.29 is 15.0 Å². The van der Waals surface area contributed by atoms with E-state index in [4.69, 9.17) is 0 Å². The molecule has 0 radical (unpaired) electrons. The lowest BCUT2D eigenvalue weighted by Crippen LogP contribution is -2.45. The minimum atomic E-state index is -0.651. The van der Waals surface area contributed by atoms with Crippen LogP contribution in [-0.4, -0.2) is 34.9 Å². The highest BCUT2D eigenvalue weighted by molar-refractivity contribution is 5.76. The standard InChI is InChI=1S/C43H87NO3/c1-3-5-7-9-11-12-13-14-15-16-17-18-19-20-21-22-23-24-25-26-27-28-29-30-31-32-33-34-36-38-42(46)41(40-45)44-43(47)39-37-35-10-8-6-4-2/h41-42,45-46H,3-40H2,1-2H3,(H,44,47). The van der Waals surface area contributed by atoms with Gasteiger partial charge < -0.3 is 15.5 Å². The molecule has 0 fully saturated rings. The zero-order chi connectivity index (χ0) is 34.3. The third kappa shape index (κ3) is 36.5. The summed E-state index contributed by atoms with van der Waals surface area (Å²) in [6, 6.07) is -0.526. The molecule has 0 aliphatic rings. The van der Waals surface area contributed by atoms with Gasteiger partial charge in [-0.1, -0.05) is 232 Å². The lowest BCUT2D eigenvalue weighted by atomic mass is 10.0. The fraction of sp³-hybridized carbons (Fsp3) is 0.977. The third-order valence-corrected chi connectivity index (χ3v) is 10.4. The molecule has 0 spiro atoms. The van der Waals surface area contributed by atoms with Crippen LogP contribution in [0.5, 0.6) is 0 Å². The van der Waals surface area contributed by atoms with Crippen LogP contribution in [0.4, 0.5) is 0 Å². The SMILES string of the molecule is CCCCCCCCCCCCCCCCCCCCCCCCCCCCCCCC(O)C(CO)NC(=O)CCCCCCCC. The van der Waals surface area contributed by atoms with Crippen LogP contribution in [0.3, 0.4) is 0 Å². The molecule has 2 unspecified atom stereocenters. The molecular formula is C43H87NO3. The molecule has 0 saturated carbocycles. The first-order valence-electron chi connectivity index (χ1n) is 21.7. The maximum Gasteiger partial charge on any atom is 0.220 e. The number of hydrogen-bond donors (Lipinski definition) is 3. The largest absolute Gasteiger partial charge is 0.394 e. The maximum absolute atomic E-state index is 12.2.